The van der Waals surface area contributed by atoms with E-state index in [1.807, 2.05) is 7.05 Å². The van der Waals surface area contributed by atoms with E-state index < -0.39 is 0 Å². The summed E-state index contributed by atoms with van der Waals surface area (Å²) in [4.78, 5) is 0. The Morgan fingerprint density at radius 3 is 2.89 bits per heavy atom. The quantitative estimate of drug-likeness (QED) is 0.880. The van der Waals surface area contributed by atoms with Crippen molar-refractivity contribution < 1.29 is 4.52 Å². The third kappa shape index (κ3) is 1.58. The van der Waals surface area contributed by atoms with Gasteiger partial charge in [-0.1, -0.05) is 43.3 Å². The van der Waals surface area contributed by atoms with Crippen LogP contribution in [0.25, 0.3) is 11.3 Å². The molecule has 1 aliphatic carbocycles. The molecule has 1 heterocycles. The fourth-order valence-corrected chi connectivity index (χ4v) is 2.85. The molecule has 18 heavy (non-hydrogen) atoms. The average Bonchev–Trinajstić information content (AvgIpc) is 2.73. The molecule has 0 radical (unpaired) electrons. The van der Waals surface area contributed by atoms with Crippen molar-refractivity contribution >= 4 is 0 Å². The van der Waals surface area contributed by atoms with Crippen LogP contribution in [-0.2, 0) is 18.4 Å². The van der Waals surface area contributed by atoms with Crippen LogP contribution in [-0.4, -0.2) is 12.2 Å². The first-order chi connectivity index (χ1) is 8.63. The van der Waals surface area contributed by atoms with Crippen molar-refractivity contribution in [3.05, 3.63) is 41.1 Å². The molecule has 0 bridgehead atoms. The van der Waals surface area contributed by atoms with Gasteiger partial charge in [0.05, 0.1) is 0 Å². The van der Waals surface area contributed by atoms with Crippen LogP contribution < -0.4 is 5.32 Å². The minimum absolute atomic E-state index is 0.137. The lowest BCUT2D eigenvalue weighted by molar-refractivity contribution is 0.416. The van der Waals surface area contributed by atoms with E-state index in [1.165, 1.54) is 16.7 Å². The van der Waals surface area contributed by atoms with Gasteiger partial charge in [-0.2, -0.15) is 0 Å². The third-order valence-electron chi connectivity index (χ3n) is 3.73. The zero-order valence-corrected chi connectivity index (χ0v) is 11.1. The van der Waals surface area contributed by atoms with Gasteiger partial charge in [-0.15, -0.1) is 0 Å². The normalized spacial score (nSPS) is 16.2. The molecule has 1 aliphatic rings. The first-order valence-electron chi connectivity index (χ1n) is 6.35. The Hall–Kier alpha value is -1.61. The Labute approximate surface area is 107 Å². The SMILES string of the molecule is CNCc1noc2c1CC(C)(C)c1ccccc1-2. The third-order valence-corrected chi connectivity index (χ3v) is 3.73. The molecular weight excluding hydrogens is 224 g/mol. The van der Waals surface area contributed by atoms with Gasteiger partial charge in [0.1, 0.15) is 5.69 Å². The fraction of sp³-hybridized carbons (Fsp3) is 0.400. The van der Waals surface area contributed by atoms with Crippen LogP contribution in [0.2, 0.25) is 0 Å². The van der Waals surface area contributed by atoms with Crippen molar-refractivity contribution in [1.82, 2.24) is 10.5 Å². The smallest absolute Gasteiger partial charge is 0.170 e. The van der Waals surface area contributed by atoms with Gasteiger partial charge in [0.2, 0.25) is 0 Å². The molecule has 1 aromatic carbocycles. The summed E-state index contributed by atoms with van der Waals surface area (Å²) >= 11 is 0. The number of nitrogens with zero attached hydrogens (tertiary/aromatic N) is 1. The van der Waals surface area contributed by atoms with Gasteiger partial charge in [0, 0.05) is 17.7 Å². The number of hydrogen-bond acceptors (Lipinski definition) is 3. The lowest BCUT2D eigenvalue weighted by Crippen LogP contribution is -2.26. The maximum Gasteiger partial charge on any atom is 0.170 e. The van der Waals surface area contributed by atoms with E-state index in [0.717, 1.165) is 24.4 Å². The first-order valence-corrected chi connectivity index (χ1v) is 6.35. The highest BCUT2D eigenvalue weighted by Crippen LogP contribution is 2.43. The second kappa shape index (κ2) is 3.95. The molecule has 0 fully saturated rings. The minimum Gasteiger partial charge on any atom is -0.356 e. The summed E-state index contributed by atoms with van der Waals surface area (Å²) in [6.45, 7) is 5.33. The maximum absolute atomic E-state index is 5.57. The second-order valence-corrected chi connectivity index (χ2v) is 5.57. The summed E-state index contributed by atoms with van der Waals surface area (Å²) in [5, 5.41) is 7.36. The van der Waals surface area contributed by atoms with Crippen molar-refractivity contribution in [1.29, 1.82) is 0 Å². The zero-order valence-electron chi connectivity index (χ0n) is 11.1. The summed E-state index contributed by atoms with van der Waals surface area (Å²) in [5.74, 6) is 0.954. The van der Waals surface area contributed by atoms with Crippen molar-refractivity contribution in [3.63, 3.8) is 0 Å². The molecule has 2 aromatic rings. The number of fused-ring (bicyclic) bond motifs is 3. The largest absolute Gasteiger partial charge is 0.356 e. The molecule has 94 valence electrons. The number of benzene rings is 1. The lowest BCUT2D eigenvalue weighted by Gasteiger charge is -2.31. The van der Waals surface area contributed by atoms with Crippen LogP contribution >= 0.6 is 0 Å². The Kier molecular flexibility index (Phi) is 2.52. The highest BCUT2D eigenvalue weighted by molar-refractivity contribution is 5.70. The monoisotopic (exact) mass is 242 g/mol. The van der Waals surface area contributed by atoms with Gasteiger partial charge in [-0.3, -0.25) is 0 Å². The maximum atomic E-state index is 5.57. The first kappa shape index (κ1) is 11.5. The summed E-state index contributed by atoms with van der Waals surface area (Å²) in [6, 6.07) is 8.47. The molecule has 0 amide bonds. The van der Waals surface area contributed by atoms with Gasteiger partial charge in [0.15, 0.2) is 5.76 Å². The van der Waals surface area contributed by atoms with Crippen LogP contribution in [0, 0.1) is 0 Å². The minimum atomic E-state index is 0.137. The van der Waals surface area contributed by atoms with Crippen molar-refractivity contribution in [2.24, 2.45) is 0 Å². The van der Waals surface area contributed by atoms with E-state index in [-0.39, 0.29) is 5.41 Å². The van der Waals surface area contributed by atoms with Gasteiger partial charge >= 0.3 is 0 Å². The Balaban J connectivity index is 2.21. The van der Waals surface area contributed by atoms with Crippen molar-refractivity contribution in [2.75, 3.05) is 7.05 Å². The predicted octanol–water partition coefficient (Wildman–Crippen LogP) is 2.89. The second-order valence-electron chi connectivity index (χ2n) is 5.57. The van der Waals surface area contributed by atoms with E-state index in [9.17, 15) is 0 Å². The molecule has 1 N–H and O–H groups in total. The average molecular weight is 242 g/mol. The number of aromatic nitrogens is 1. The summed E-state index contributed by atoms with van der Waals surface area (Å²) in [6.07, 6.45) is 0.986. The fourth-order valence-electron chi connectivity index (χ4n) is 2.85. The molecule has 0 unspecified atom stereocenters. The number of rotatable bonds is 2. The number of hydrogen-bond donors (Lipinski definition) is 1. The Morgan fingerprint density at radius 1 is 1.33 bits per heavy atom. The molecule has 3 rings (SSSR count). The van der Waals surface area contributed by atoms with E-state index >= 15 is 0 Å². The van der Waals surface area contributed by atoms with E-state index in [4.69, 9.17) is 4.52 Å². The lowest BCUT2D eigenvalue weighted by atomic mass is 9.72. The van der Waals surface area contributed by atoms with Crippen LogP contribution in [0.3, 0.4) is 0 Å². The van der Waals surface area contributed by atoms with Crippen molar-refractivity contribution in [3.8, 4) is 11.3 Å². The van der Waals surface area contributed by atoms with E-state index in [0.29, 0.717) is 0 Å². The molecule has 0 spiro atoms. The highest BCUT2D eigenvalue weighted by Gasteiger charge is 2.34. The standard InChI is InChI=1S/C15H18N2O/c1-15(2)8-11-13(9-16-3)17-18-14(11)10-6-4-5-7-12(10)15/h4-7,16H,8-9H2,1-3H3. The van der Waals surface area contributed by atoms with Gasteiger partial charge in [0.25, 0.3) is 0 Å². The number of nitrogens with one attached hydrogen (secondary N) is 1. The predicted molar refractivity (Wildman–Crippen MR) is 71.4 cm³/mol. The van der Waals surface area contributed by atoms with Crippen molar-refractivity contribution in [2.45, 2.75) is 32.2 Å². The van der Waals surface area contributed by atoms with Crippen LogP contribution in [0.1, 0.15) is 30.7 Å². The summed E-state index contributed by atoms with van der Waals surface area (Å²) < 4.78 is 5.57. The van der Waals surface area contributed by atoms with Gasteiger partial charge in [-0.25, -0.2) is 0 Å². The van der Waals surface area contributed by atoms with E-state index in [2.05, 4.69) is 48.6 Å². The molecule has 0 aliphatic heterocycles. The molecule has 0 saturated heterocycles. The van der Waals surface area contributed by atoms with E-state index in [1.54, 1.807) is 0 Å². The summed E-state index contributed by atoms with van der Waals surface area (Å²) in [7, 11) is 1.93. The highest BCUT2D eigenvalue weighted by atomic mass is 16.5. The summed E-state index contributed by atoms with van der Waals surface area (Å²) in [5.41, 5.74) is 4.98. The molecular formula is C15H18N2O. The van der Waals surface area contributed by atoms with Crippen LogP contribution in [0.5, 0.6) is 0 Å². The molecule has 1 aromatic heterocycles. The molecule has 0 saturated carbocycles. The van der Waals surface area contributed by atoms with Crippen LogP contribution in [0.4, 0.5) is 0 Å². The van der Waals surface area contributed by atoms with Gasteiger partial charge < -0.3 is 9.84 Å². The molecule has 3 heteroatoms. The zero-order chi connectivity index (χ0) is 12.8. The molecule has 0 atom stereocenters. The van der Waals surface area contributed by atoms with Crippen LogP contribution in [0.15, 0.2) is 28.8 Å². The van der Waals surface area contributed by atoms with Gasteiger partial charge in [-0.05, 0) is 24.4 Å². The topological polar surface area (TPSA) is 38.1 Å². The Morgan fingerprint density at radius 2 is 2.11 bits per heavy atom. The Bertz CT molecular complexity index is 584. The molecule has 3 nitrogen and oxygen atoms in total.